The molecule has 0 atom stereocenters. The average molecular weight is 213 g/mol. The minimum absolute atomic E-state index is 0.110. The van der Waals surface area contributed by atoms with E-state index in [0.717, 1.165) is 25.7 Å². The molecule has 0 unspecified atom stereocenters. The Kier molecular flexibility index (Phi) is 3.44. The summed E-state index contributed by atoms with van der Waals surface area (Å²) in [6, 6.07) is 0. The predicted octanol–water partition coefficient (Wildman–Crippen LogP) is 2.36. The molecule has 0 aromatic rings. The van der Waals surface area contributed by atoms with Crippen molar-refractivity contribution in [1.82, 2.24) is 4.90 Å². The number of nitrogens with zero attached hydrogens (tertiary/aromatic N) is 1. The van der Waals surface area contributed by atoms with Crippen LogP contribution in [-0.2, 0) is 4.79 Å². The first-order chi connectivity index (χ1) is 6.77. The van der Waals surface area contributed by atoms with Crippen molar-refractivity contribution in [3.63, 3.8) is 0 Å². The van der Waals surface area contributed by atoms with Crippen LogP contribution in [0.2, 0.25) is 0 Å². The normalized spacial score (nSPS) is 24.1. The first-order valence-electron chi connectivity index (χ1n) is 5.67. The fourth-order valence-electron chi connectivity index (χ4n) is 2.46. The van der Waals surface area contributed by atoms with Gasteiger partial charge in [0, 0.05) is 5.54 Å². The van der Waals surface area contributed by atoms with Crippen LogP contribution >= 0.6 is 0 Å². The van der Waals surface area contributed by atoms with Crippen LogP contribution in [0.3, 0.4) is 0 Å². The van der Waals surface area contributed by atoms with Gasteiger partial charge in [-0.25, -0.2) is 0 Å². The summed E-state index contributed by atoms with van der Waals surface area (Å²) in [6.45, 7) is 4.54. The molecule has 0 bridgehead atoms. The molecule has 88 valence electrons. The Morgan fingerprint density at radius 3 is 2.00 bits per heavy atom. The van der Waals surface area contributed by atoms with Gasteiger partial charge in [-0.15, -0.1) is 0 Å². The minimum atomic E-state index is -0.677. The molecule has 0 saturated heterocycles. The van der Waals surface area contributed by atoms with Gasteiger partial charge in [0.25, 0.3) is 0 Å². The molecule has 1 rings (SSSR count). The van der Waals surface area contributed by atoms with E-state index in [2.05, 4.69) is 18.7 Å². The van der Waals surface area contributed by atoms with Crippen molar-refractivity contribution in [3.05, 3.63) is 0 Å². The van der Waals surface area contributed by atoms with Gasteiger partial charge in [-0.1, -0.05) is 13.8 Å². The lowest BCUT2D eigenvalue weighted by Crippen LogP contribution is -2.49. The maximum Gasteiger partial charge on any atom is 0.305 e. The topological polar surface area (TPSA) is 40.5 Å². The molecule has 3 heteroatoms. The highest BCUT2D eigenvalue weighted by molar-refractivity contribution is 5.68. The zero-order valence-electron chi connectivity index (χ0n) is 10.3. The minimum Gasteiger partial charge on any atom is -0.481 e. The van der Waals surface area contributed by atoms with E-state index < -0.39 is 5.97 Å². The first-order valence-corrected chi connectivity index (χ1v) is 5.67. The largest absolute Gasteiger partial charge is 0.481 e. The highest BCUT2D eigenvalue weighted by Crippen LogP contribution is 2.43. The van der Waals surface area contributed by atoms with Crippen molar-refractivity contribution in [1.29, 1.82) is 0 Å². The van der Waals surface area contributed by atoms with Gasteiger partial charge in [-0.2, -0.15) is 0 Å². The second-order valence-corrected chi connectivity index (χ2v) is 5.85. The van der Waals surface area contributed by atoms with Crippen molar-refractivity contribution in [2.45, 2.75) is 51.5 Å². The molecule has 1 N–H and O–H groups in total. The Morgan fingerprint density at radius 2 is 1.67 bits per heavy atom. The van der Waals surface area contributed by atoms with Gasteiger partial charge < -0.3 is 10.0 Å². The molecule has 1 aliphatic rings. The van der Waals surface area contributed by atoms with Crippen molar-refractivity contribution in [3.8, 4) is 0 Å². The number of hydrogen-bond acceptors (Lipinski definition) is 2. The van der Waals surface area contributed by atoms with E-state index >= 15 is 0 Å². The average Bonchev–Trinajstić information content (AvgIpc) is 2.08. The van der Waals surface area contributed by atoms with Crippen LogP contribution in [0.15, 0.2) is 0 Å². The van der Waals surface area contributed by atoms with Crippen LogP contribution in [0, 0.1) is 5.41 Å². The third kappa shape index (κ3) is 2.94. The summed E-state index contributed by atoms with van der Waals surface area (Å²) in [4.78, 5) is 13.0. The summed E-state index contributed by atoms with van der Waals surface area (Å²) in [5.41, 5.74) is 0.277. The second-order valence-electron chi connectivity index (χ2n) is 5.85. The van der Waals surface area contributed by atoms with E-state index in [1.807, 2.05) is 14.1 Å². The molecule has 0 radical (unpaired) electrons. The Labute approximate surface area is 92.5 Å². The first kappa shape index (κ1) is 12.5. The SMILES string of the molecule is CN(C)C1(CC(=O)O)CCC(C)(C)CC1. The molecule has 0 amide bonds. The van der Waals surface area contributed by atoms with E-state index in [1.165, 1.54) is 0 Å². The maximum atomic E-state index is 10.9. The highest BCUT2D eigenvalue weighted by Gasteiger charge is 2.41. The number of hydrogen-bond donors (Lipinski definition) is 1. The fraction of sp³-hybridized carbons (Fsp3) is 0.917. The van der Waals surface area contributed by atoms with E-state index in [0.29, 0.717) is 5.41 Å². The Morgan fingerprint density at radius 1 is 1.20 bits per heavy atom. The number of carboxylic acids is 1. The Bertz CT molecular complexity index is 236. The van der Waals surface area contributed by atoms with Gasteiger partial charge >= 0.3 is 5.97 Å². The fourth-order valence-corrected chi connectivity index (χ4v) is 2.46. The van der Waals surface area contributed by atoms with Gasteiger partial charge in [0.15, 0.2) is 0 Å². The molecule has 1 saturated carbocycles. The Balaban J connectivity index is 2.73. The zero-order valence-corrected chi connectivity index (χ0v) is 10.3. The lowest BCUT2D eigenvalue weighted by Gasteiger charge is -2.47. The van der Waals surface area contributed by atoms with Crippen molar-refractivity contribution in [2.75, 3.05) is 14.1 Å². The van der Waals surface area contributed by atoms with Crippen LogP contribution in [0.1, 0.15) is 46.0 Å². The second kappa shape index (κ2) is 4.12. The van der Waals surface area contributed by atoms with E-state index in [1.54, 1.807) is 0 Å². The van der Waals surface area contributed by atoms with Crippen molar-refractivity contribution < 1.29 is 9.90 Å². The molecule has 15 heavy (non-hydrogen) atoms. The smallest absolute Gasteiger partial charge is 0.305 e. The molecular weight excluding hydrogens is 190 g/mol. The van der Waals surface area contributed by atoms with Gasteiger partial charge in [0.05, 0.1) is 6.42 Å². The summed E-state index contributed by atoms with van der Waals surface area (Å²) in [7, 11) is 4.00. The van der Waals surface area contributed by atoms with Gasteiger partial charge in [0.2, 0.25) is 0 Å². The molecule has 0 heterocycles. The predicted molar refractivity (Wildman–Crippen MR) is 60.9 cm³/mol. The van der Waals surface area contributed by atoms with Crippen LogP contribution < -0.4 is 0 Å². The van der Waals surface area contributed by atoms with E-state index in [9.17, 15) is 4.79 Å². The van der Waals surface area contributed by atoms with Gasteiger partial charge in [-0.3, -0.25) is 4.79 Å². The summed E-state index contributed by atoms with van der Waals surface area (Å²) < 4.78 is 0. The molecular formula is C12H23NO2. The summed E-state index contributed by atoms with van der Waals surface area (Å²) >= 11 is 0. The molecule has 1 aliphatic carbocycles. The van der Waals surface area contributed by atoms with Gasteiger partial charge in [-0.05, 0) is 45.2 Å². The third-order valence-electron chi connectivity index (χ3n) is 3.96. The number of aliphatic carboxylic acids is 1. The molecule has 0 aromatic carbocycles. The molecule has 0 aliphatic heterocycles. The van der Waals surface area contributed by atoms with Crippen LogP contribution in [0.5, 0.6) is 0 Å². The summed E-state index contributed by atoms with van der Waals surface area (Å²) in [5, 5.41) is 8.98. The standard InChI is InChI=1S/C12H23NO2/c1-11(2)5-7-12(8-6-11,13(3)4)9-10(14)15/h5-9H2,1-4H3,(H,14,15). The maximum absolute atomic E-state index is 10.9. The number of carbonyl (C=O) groups is 1. The van der Waals surface area contributed by atoms with Crippen LogP contribution in [-0.4, -0.2) is 35.6 Å². The summed E-state index contributed by atoms with van der Waals surface area (Å²) in [6.07, 6.45) is 4.52. The summed E-state index contributed by atoms with van der Waals surface area (Å²) in [5.74, 6) is -0.677. The number of rotatable bonds is 3. The third-order valence-corrected chi connectivity index (χ3v) is 3.96. The molecule has 0 aromatic heterocycles. The lowest BCUT2D eigenvalue weighted by molar-refractivity contribution is -0.141. The van der Waals surface area contributed by atoms with Crippen molar-refractivity contribution >= 4 is 5.97 Å². The molecule has 3 nitrogen and oxygen atoms in total. The molecule has 0 spiro atoms. The van der Waals surface area contributed by atoms with Gasteiger partial charge in [0.1, 0.15) is 0 Å². The number of carboxylic acid groups (broad SMARTS) is 1. The Hall–Kier alpha value is -0.570. The van der Waals surface area contributed by atoms with Crippen LogP contribution in [0.4, 0.5) is 0 Å². The lowest BCUT2D eigenvalue weighted by atomic mass is 9.68. The zero-order chi connectivity index (χ0) is 11.7. The highest BCUT2D eigenvalue weighted by atomic mass is 16.4. The monoisotopic (exact) mass is 213 g/mol. The van der Waals surface area contributed by atoms with E-state index in [4.69, 9.17) is 5.11 Å². The molecule has 1 fully saturated rings. The van der Waals surface area contributed by atoms with Crippen LogP contribution in [0.25, 0.3) is 0 Å². The van der Waals surface area contributed by atoms with E-state index in [-0.39, 0.29) is 12.0 Å². The van der Waals surface area contributed by atoms with Crippen molar-refractivity contribution in [2.24, 2.45) is 5.41 Å². The quantitative estimate of drug-likeness (QED) is 0.782.